The summed E-state index contributed by atoms with van der Waals surface area (Å²) in [6.45, 7) is 6.30. The van der Waals surface area contributed by atoms with Crippen molar-refractivity contribution < 1.29 is 4.79 Å². The maximum absolute atomic E-state index is 11.4. The minimum atomic E-state index is 0.361. The molecule has 0 aliphatic heterocycles. The van der Waals surface area contributed by atoms with Crippen molar-refractivity contribution in [3.63, 3.8) is 0 Å². The first-order valence-electron chi connectivity index (χ1n) is 5.28. The molecule has 0 bridgehead atoms. The molecule has 0 fully saturated rings. The van der Waals surface area contributed by atoms with Gasteiger partial charge in [-0.15, -0.1) is 0 Å². The lowest BCUT2D eigenvalue weighted by atomic mass is 9.92. The summed E-state index contributed by atoms with van der Waals surface area (Å²) in [5.41, 5.74) is 0. The zero-order valence-electron chi connectivity index (χ0n) is 8.73. The first-order chi connectivity index (χ1) is 5.76. The molecule has 1 unspecified atom stereocenters. The Morgan fingerprint density at radius 2 is 1.75 bits per heavy atom. The van der Waals surface area contributed by atoms with Crippen LogP contribution in [0, 0.1) is 5.92 Å². The van der Waals surface area contributed by atoms with Gasteiger partial charge in [0.2, 0.25) is 0 Å². The second kappa shape index (κ2) is 7.33. The van der Waals surface area contributed by atoms with Crippen molar-refractivity contribution in [2.24, 2.45) is 5.92 Å². The minimum absolute atomic E-state index is 0.361. The molecule has 0 rings (SSSR count). The Hall–Kier alpha value is -0.330. The molecule has 0 spiro atoms. The van der Waals surface area contributed by atoms with Crippen LogP contribution in [-0.2, 0) is 4.79 Å². The Morgan fingerprint density at radius 1 is 1.08 bits per heavy atom. The summed E-state index contributed by atoms with van der Waals surface area (Å²) in [6, 6.07) is 0. The maximum Gasteiger partial charge on any atom is 0.135 e. The molecule has 0 aromatic carbocycles. The van der Waals surface area contributed by atoms with E-state index in [1.54, 1.807) is 0 Å². The quantitative estimate of drug-likeness (QED) is 0.571. The van der Waals surface area contributed by atoms with Gasteiger partial charge in [0.25, 0.3) is 0 Å². The normalized spacial score (nSPS) is 12.9. The van der Waals surface area contributed by atoms with Crippen molar-refractivity contribution in [1.82, 2.24) is 0 Å². The van der Waals surface area contributed by atoms with E-state index in [9.17, 15) is 4.79 Å². The molecular weight excluding hydrogens is 148 g/mol. The second-order valence-electron chi connectivity index (χ2n) is 3.45. The van der Waals surface area contributed by atoms with E-state index in [1.165, 1.54) is 12.8 Å². The van der Waals surface area contributed by atoms with Gasteiger partial charge in [-0.1, -0.05) is 40.0 Å². The first kappa shape index (κ1) is 11.7. The highest BCUT2D eigenvalue weighted by molar-refractivity contribution is 5.80. The summed E-state index contributed by atoms with van der Waals surface area (Å²) < 4.78 is 0. The first-order valence-corrected chi connectivity index (χ1v) is 5.28. The van der Waals surface area contributed by atoms with Crippen molar-refractivity contribution in [2.45, 2.75) is 59.3 Å². The van der Waals surface area contributed by atoms with Crippen LogP contribution in [0.25, 0.3) is 0 Å². The number of carbonyl (C=O) groups excluding carboxylic acids is 1. The van der Waals surface area contributed by atoms with Gasteiger partial charge in [0.15, 0.2) is 0 Å². The number of carbonyl (C=O) groups is 1. The van der Waals surface area contributed by atoms with Crippen LogP contribution in [0.15, 0.2) is 0 Å². The molecule has 0 N–H and O–H groups in total. The molecule has 1 heteroatoms. The van der Waals surface area contributed by atoms with E-state index >= 15 is 0 Å². The molecule has 0 aliphatic rings. The van der Waals surface area contributed by atoms with E-state index in [1.807, 2.05) is 6.92 Å². The number of unbranched alkanes of at least 4 members (excludes halogenated alkanes) is 1. The summed E-state index contributed by atoms with van der Waals surface area (Å²) in [6.07, 6.45) is 6.46. The Kier molecular flexibility index (Phi) is 7.12. The summed E-state index contributed by atoms with van der Waals surface area (Å²) in [7, 11) is 0. The minimum Gasteiger partial charge on any atom is -0.299 e. The van der Waals surface area contributed by atoms with Crippen LogP contribution in [0.2, 0.25) is 0 Å². The van der Waals surface area contributed by atoms with Crippen LogP contribution in [-0.4, -0.2) is 5.78 Å². The highest BCUT2D eigenvalue weighted by atomic mass is 16.1. The lowest BCUT2D eigenvalue weighted by Crippen LogP contribution is -2.12. The highest BCUT2D eigenvalue weighted by Gasteiger charge is 2.14. The fourth-order valence-corrected chi connectivity index (χ4v) is 1.55. The predicted molar refractivity (Wildman–Crippen MR) is 53.2 cm³/mol. The van der Waals surface area contributed by atoms with E-state index in [0.717, 1.165) is 19.3 Å². The molecule has 1 nitrogen and oxygen atoms in total. The van der Waals surface area contributed by atoms with Gasteiger partial charge in [-0.05, 0) is 12.8 Å². The van der Waals surface area contributed by atoms with Gasteiger partial charge in [-0.2, -0.15) is 0 Å². The van der Waals surface area contributed by atoms with E-state index in [-0.39, 0.29) is 0 Å². The van der Waals surface area contributed by atoms with Crippen molar-refractivity contribution in [2.75, 3.05) is 0 Å². The molecule has 0 amide bonds. The van der Waals surface area contributed by atoms with Gasteiger partial charge in [0, 0.05) is 12.3 Å². The monoisotopic (exact) mass is 170 g/mol. The molecule has 0 saturated carbocycles. The van der Waals surface area contributed by atoms with Crippen LogP contribution >= 0.6 is 0 Å². The third-order valence-electron chi connectivity index (χ3n) is 2.35. The Labute approximate surface area is 76.6 Å². The molecule has 0 aromatic rings. The van der Waals surface area contributed by atoms with Crippen molar-refractivity contribution in [1.29, 1.82) is 0 Å². The number of hydrogen-bond donors (Lipinski definition) is 0. The zero-order chi connectivity index (χ0) is 9.40. The molecule has 0 saturated heterocycles. The summed E-state index contributed by atoms with van der Waals surface area (Å²) in [5.74, 6) is 0.824. The van der Waals surface area contributed by atoms with Gasteiger partial charge in [-0.3, -0.25) is 4.79 Å². The van der Waals surface area contributed by atoms with Gasteiger partial charge < -0.3 is 0 Å². The van der Waals surface area contributed by atoms with Gasteiger partial charge in [-0.25, -0.2) is 0 Å². The molecule has 0 aliphatic carbocycles. The smallest absolute Gasteiger partial charge is 0.135 e. The van der Waals surface area contributed by atoms with E-state index < -0.39 is 0 Å². The third-order valence-corrected chi connectivity index (χ3v) is 2.35. The molecule has 72 valence electrons. The van der Waals surface area contributed by atoms with E-state index in [0.29, 0.717) is 18.1 Å². The van der Waals surface area contributed by atoms with Crippen LogP contribution in [0.3, 0.4) is 0 Å². The van der Waals surface area contributed by atoms with Gasteiger partial charge in [0.1, 0.15) is 5.78 Å². The molecule has 1 atom stereocenters. The molecule has 0 heterocycles. The predicted octanol–water partition coefficient (Wildman–Crippen LogP) is 3.57. The van der Waals surface area contributed by atoms with Crippen LogP contribution in [0.4, 0.5) is 0 Å². The maximum atomic E-state index is 11.4. The lowest BCUT2D eigenvalue weighted by Gasteiger charge is -2.12. The van der Waals surface area contributed by atoms with Crippen molar-refractivity contribution >= 4 is 5.78 Å². The SMILES string of the molecule is CCCCC(CCC)C(=O)CC. The number of ketones is 1. The van der Waals surface area contributed by atoms with Crippen LogP contribution < -0.4 is 0 Å². The summed E-state index contributed by atoms with van der Waals surface area (Å²) >= 11 is 0. The summed E-state index contributed by atoms with van der Waals surface area (Å²) in [4.78, 5) is 11.4. The average molecular weight is 170 g/mol. The Morgan fingerprint density at radius 3 is 2.17 bits per heavy atom. The molecule has 0 radical (unpaired) electrons. The van der Waals surface area contributed by atoms with E-state index in [4.69, 9.17) is 0 Å². The van der Waals surface area contributed by atoms with Crippen LogP contribution in [0.1, 0.15) is 59.3 Å². The summed E-state index contributed by atoms with van der Waals surface area (Å²) in [5, 5.41) is 0. The largest absolute Gasteiger partial charge is 0.299 e. The number of hydrogen-bond acceptors (Lipinski definition) is 1. The fraction of sp³-hybridized carbons (Fsp3) is 0.909. The van der Waals surface area contributed by atoms with Gasteiger partial charge in [0.05, 0.1) is 0 Å². The highest BCUT2D eigenvalue weighted by Crippen LogP contribution is 2.17. The third kappa shape index (κ3) is 4.53. The average Bonchev–Trinajstić information content (AvgIpc) is 2.11. The molecule has 12 heavy (non-hydrogen) atoms. The van der Waals surface area contributed by atoms with Gasteiger partial charge >= 0.3 is 0 Å². The van der Waals surface area contributed by atoms with Crippen molar-refractivity contribution in [3.05, 3.63) is 0 Å². The Bertz CT molecular complexity index is 118. The standard InChI is InChI=1S/C11H22O/c1-4-7-9-10(8-5-2)11(12)6-3/h10H,4-9H2,1-3H3. The number of Topliss-reactive ketones (excluding diaryl/α,β-unsaturated/α-hetero) is 1. The zero-order valence-corrected chi connectivity index (χ0v) is 8.73. The topological polar surface area (TPSA) is 17.1 Å². The number of rotatable bonds is 7. The lowest BCUT2D eigenvalue weighted by molar-refractivity contribution is -0.123. The van der Waals surface area contributed by atoms with Crippen LogP contribution in [0.5, 0.6) is 0 Å². The molecular formula is C11H22O. The fourth-order valence-electron chi connectivity index (χ4n) is 1.55. The molecule has 0 aromatic heterocycles. The second-order valence-corrected chi connectivity index (χ2v) is 3.45. The van der Waals surface area contributed by atoms with E-state index in [2.05, 4.69) is 13.8 Å². The Balaban J connectivity index is 3.76. The van der Waals surface area contributed by atoms with Crippen molar-refractivity contribution in [3.8, 4) is 0 Å².